The minimum absolute atomic E-state index is 0.345. The summed E-state index contributed by atoms with van der Waals surface area (Å²) in [4.78, 5) is 0. The van der Waals surface area contributed by atoms with E-state index in [1.165, 1.54) is 0 Å². The molecule has 1 N–H and O–H groups in total. The number of hydrogen-bond donors (Lipinski definition) is 1. The van der Waals surface area contributed by atoms with Crippen molar-refractivity contribution in [3.8, 4) is 0 Å². The Hall–Kier alpha value is -0.710. The molecule has 0 bridgehead atoms. The molecule has 5 heteroatoms. The van der Waals surface area contributed by atoms with Crippen LogP contribution in [0.15, 0.2) is 0 Å². The Morgan fingerprint density at radius 3 is 2.67 bits per heavy atom. The van der Waals surface area contributed by atoms with Gasteiger partial charge >= 0.3 is 0 Å². The first kappa shape index (κ1) is 9.38. The van der Waals surface area contributed by atoms with Crippen LogP contribution in [-0.2, 0) is 0 Å². The Bertz CT molecular complexity index is 290. The molecule has 68 valence electrons. The van der Waals surface area contributed by atoms with Crippen molar-refractivity contribution >= 4 is 12.2 Å². The van der Waals surface area contributed by atoms with Crippen LogP contribution in [0.3, 0.4) is 0 Å². The Kier molecular flexibility index (Phi) is 2.97. The molecule has 1 aromatic heterocycles. The zero-order valence-corrected chi connectivity index (χ0v) is 8.43. The molecule has 0 fully saturated rings. The maximum absolute atomic E-state index is 4.99. The molecular formula is C7H14N4S. The molecule has 2 unspecified atom stereocenters. The van der Waals surface area contributed by atoms with Crippen molar-refractivity contribution < 1.29 is 0 Å². The Morgan fingerprint density at radius 2 is 2.25 bits per heavy atom. The van der Waals surface area contributed by atoms with Gasteiger partial charge in [-0.15, -0.1) is 0 Å². The number of rotatable bonds is 3. The third-order valence-electron chi connectivity index (χ3n) is 2.37. The van der Waals surface area contributed by atoms with Gasteiger partial charge in [0.05, 0.1) is 6.04 Å². The summed E-state index contributed by atoms with van der Waals surface area (Å²) in [5, 5.41) is 10.1. The Balaban J connectivity index is 2.84. The minimum Gasteiger partial charge on any atom is -0.239 e. The van der Waals surface area contributed by atoms with Crippen molar-refractivity contribution in [1.82, 2.24) is 20.2 Å². The molecule has 12 heavy (non-hydrogen) atoms. The lowest BCUT2D eigenvalue weighted by molar-refractivity contribution is 0.334. The molecule has 0 amide bonds. The van der Waals surface area contributed by atoms with Crippen molar-refractivity contribution in [1.29, 1.82) is 0 Å². The predicted molar refractivity (Wildman–Crippen MR) is 49.4 cm³/mol. The predicted octanol–water partition coefficient (Wildman–Crippen LogP) is 1.94. The topological polar surface area (TPSA) is 46.5 Å². The van der Waals surface area contributed by atoms with E-state index in [2.05, 4.69) is 36.3 Å². The lowest BCUT2D eigenvalue weighted by atomic mass is 10.0. The van der Waals surface area contributed by atoms with Gasteiger partial charge in [-0.25, -0.2) is 4.68 Å². The summed E-state index contributed by atoms with van der Waals surface area (Å²) < 4.78 is 2.35. The number of aromatic nitrogens is 4. The highest BCUT2D eigenvalue weighted by Crippen LogP contribution is 2.18. The van der Waals surface area contributed by atoms with E-state index in [0.29, 0.717) is 16.7 Å². The van der Waals surface area contributed by atoms with E-state index in [1.807, 2.05) is 4.68 Å². The molecule has 0 saturated carbocycles. The molecule has 0 aliphatic heterocycles. The third-order valence-corrected chi connectivity index (χ3v) is 2.65. The maximum atomic E-state index is 4.99. The van der Waals surface area contributed by atoms with Gasteiger partial charge in [0.25, 0.3) is 0 Å². The van der Waals surface area contributed by atoms with Gasteiger partial charge < -0.3 is 0 Å². The average Bonchev–Trinajstić information content (AvgIpc) is 2.48. The molecule has 4 nitrogen and oxygen atoms in total. The number of nitrogens with one attached hydrogen (secondary N) is 1. The van der Waals surface area contributed by atoms with Gasteiger partial charge in [0, 0.05) is 0 Å². The first-order valence-corrected chi connectivity index (χ1v) is 4.57. The van der Waals surface area contributed by atoms with Gasteiger partial charge in [-0.1, -0.05) is 30.6 Å². The van der Waals surface area contributed by atoms with Gasteiger partial charge in [0.2, 0.25) is 4.77 Å². The molecule has 0 aliphatic rings. The van der Waals surface area contributed by atoms with Gasteiger partial charge in [-0.05, 0) is 25.1 Å². The first-order valence-electron chi connectivity index (χ1n) is 4.16. The lowest BCUT2D eigenvalue weighted by Crippen LogP contribution is -2.15. The largest absolute Gasteiger partial charge is 0.239 e. The molecule has 0 aliphatic carbocycles. The standard InChI is InChI=1S/C7H14N4S/c1-4-5(2)6(3)11-7(12)8-9-10-11/h5-6H,4H2,1-3H3,(H,8,10,12). The fraction of sp³-hybridized carbons (Fsp3) is 0.857. The maximum Gasteiger partial charge on any atom is 0.238 e. The normalized spacial score (nSPS) is 15.9. The van der Waals surface area contributed by atoms with Crippen molar-refractivity contribution in [2.45, 2.75) is 33.2 Å². The number of nitrogens with zero attached hydrogens (tertiary/aromatic N) is 3. The summed E-state index contributed by atoms with van der Waals surface area (Å²) in [5.41, 5.74) is 0. The molecule has 1 heterocycles. The van der Waals surface area contributed by atoms with Crippen LogP contribution >= 0.6 is 12.2 Å². The Morgan fingerprint density at radius 1 is 1.58 bits per heavy atom. The van der Waals surface area contributed by atoms with Crippen LogP contribution in [0.5, 0.6) is 0 Å². The second-order valence-electron chi connectivity index (χ2n) is 3.08. The molecule has 0 radical (unpaired) electrons. The summed E-state index contributed by atoms with van der Waals surface area (Å²) in [6.45, 7) is 6.46. The van der Waals surface area contributed by atoms with Crippen molar-refractivity contribution in [2.75, 3.05) is 0 Å². The minimum atomic E-state index is 0.345. The zero-order valence-electron chi connectivity index (χ0n) is 7.61. The van der Waals surface area contributed by atoms with Crippen LogP contribution < -0.4 is 0 Å². The van der Waals surface area contributed by atoms with E-state index >= 15 is 0 Å². The van der Waals surface area contributed by atoms with E-state index in [1.54, 1.807) is 0 Å². The highest BCUT2D eigenvalue weighted by atomic mass is 32.1. The van der Waals surface area contributed by atoms with Crippen LogP contribution in [0.2, 0.25) is 0 Å². The van der Waals surface area contributed by atoms with E-state index in [9.17, 15) is 0 Å². The highest BCUT2D eigenvalue weighted by Gasteiger charge is 2.13. The average molecular weight is 186 g/mol. The van der Waals surface area contributed by atoms with E-state index < -0.39 is 0 Å². The monoisotopic (exact) mass is 186 g/mol. The second-order valence-corrected chi connectivity index (χ2v) is 3.44. The number of tetrazole rings is 1. The molecule has 0 saturated heterocycles. The van der Waals surface area contributed by atoms with Crippen LogP contribution in [0, 0.1) is 10.7 Å². The van der Waals surface area contributed by atoms with Gasteiger partial charge in [0.15, 0.2) is 0 Å². The summed E-state index contributed by atoms with van der Waals surface area (Å²) in [6.07, 6.45) is 1.13. The number of H-pyrrole nitrogens is 1. The van der Waals surface area contributed by atoms with Crippen LogP contribution in [0.4, 0.5) is 0 Å². The molecule has 0 spiro atoms. The van der Waals surface area contributed by atoms with Crippen molar-refractivity contribution in [2.24, 2.45) is 5.92 Å². The van der Waals surface area contributed by atoms with Gasteiger partial charge in [-0.3, -0.25) is 0 Å². The molecule has 2 atom stereocenters. The third kappa shape index (κ3) is 1.72. The molecule has 0 aromatic carbocycles. The first-order chi connectivity index (χ1) is 5.66. The number of aromatic amines is 1. The van der Waals surface area contributed by atoms with Crippen LogP contribution in [-0.4, -0.2) is 20.2 Å². The Labute approximate surface area is 77.0 Å². The van der Waals surface area contributed by atoms with Crippen molar-refractivity contribution in [3.05, 3.63) is 4.77 Å². The highest BCUT2D eigenvalue weighted by molar-refractivity contribution is 7.71. The van der Waals surface area contributed by atoms with Crippen LogP contribution in [0.25, 0.3) is 0 Å². The second kappa shape index (κ2) is 3.80. The van der Waals surface area contributed by atoms with E-state index in [0.717, 1.165) is 6.42 Å². The van der Waals surface area contributed by atoms with E-state index in [4.69, 9.17) is 12.2 Å². The fourth-order valence-corrected chi connectivity index (χ4v) is 1.31. The molecule has 1 aromatic rings. The molecular weight excluding hydrogens is 172 g/mol. The summed E-state index contributed by atoms with van der Waals surface area (Å²) in [6, 6.07) is 0.345. The lowest BCUT2D eigenvalue weighted by Gasteiger charge is -2.17. The van der Waals surface area contributed by atoms with Gasteiger partial charge in [0.1, 0.15) is 0 Å². The van der Waals surface area contributed by atoms with E-state index in [-0.39, 0.29) is 0 Å². The van der Waals surface area contributed by atoms with Crippen molar-refractivity contribution in [3.63, 3.8) is 0 Å². The smallest absolute Gasteiger partial charge is 0.238 e. The quantitative estimate of drug-likeness (QED) is 0.734. The summed E-state index contributed by atoms with van der Waals surface area (Å²) >= 11 is 4.99. The zero-order chi connectivity index (χ0) is 9.14. The summed E-state index contributed by atoms with van der Waals surface area (Å²) in [7, 11) is 0. The fourth-order valence-electron chi connectivity index (χ4n) is 1.07. The SMILES string of the molecule is CCC(C)C(C)n1[nH]nnc1=S. The number of hydrogen-bond acceptors (Lipinski definition) is 3. The van der Waals surface area contributed by atoms with Gasteiger partial charge in [-0.2, -0.15) is 5.21 Å². The summed E-state index contributed by atoms with van der Waals surface area (Å²) in [5.74, 6) is 0.582. The van der Waals surface area contributed by atoms with Crippen LogP contribution in [0.1, 0.15) is 33.2 Å². The molecule has 1 rings (SSSR count).